The largest absolute Gasteiger partial charge is 0.349 e. The third-order valence-electron chi connectivity index (χ3n) is 4.08. The highest BCUT2D eigenvalue weighted by Gasteiger charge is 2.22. The highest BCUT2D eigenvalue weighted by atomic mass is 16.1. The van der Waals surface area contributed by atoms with E-state index in [1.165, 1.54) is 12.4 Å². The summed E-state index contributed by atoms with van der Waals surface area (Å²) in [5.41, 5.74) is 2.81. The molecule has 6 nitrogen and oxygen atoms in total. The second-order valence-corrected chi connectivity index (χ2v) is 5.43. The predicted octanol–water partition coefficient (Wildman–Crippen LogP) is 0.945. The summed E-state index contributed by atoms with van der Waals surface area (Å²) < 4.78 is 1.82. The molecule has 0 spiro atoms. The number of pyridine rings is 1. The van der Waals surface area contributed by atoms with Gasteiger partial charge in [0.2, 0.25) is 0 Å². The van der Waals surface area contributed by atoms with Crippen LogP contribution in [0, 0.1) is 0 Å². The van der Waals surface area contributed by atoms with Crippen LogP contribution in [0.3, 0.4) is 0 Å². The first-order chi connectivity index (χ1) is 10.7. The quantitative estimate of drug-likeness (QED) is 0.915. The Hall–Kier alpha value is -2.50. The number of nitrogens with zero attached hydrogens (tertiary/aromatic N) is 3. The van der Waals surface area contributed by atoms with Gasteiger partial charge in [-0.3, -0.25) is 9.59 Å². The van der Waals surface area contributed by atoms with Crippen LogP contribution in [0.15, 0.2) is 35.4 Å². The molecule has 0 radical (unpaired) electrons. The molecule has 0 aromatic carbocycles. The van der Waals surface area contributed by atoms with E-state index in [-0.39, 0.29) is 17.5 Å². The van der Waals surface area contributed by atoms with Crippen molar-refractivity contribution in [2.24, 2.45) is 0 Å². The Balaban J connectivity index is 1.75. The van der Waals surface area contributed by atoms with E-state index in [0.29, 0.717) is 12.1 Å². The second kappa shape index (κ2) is 6.09. The third-order valence-corrected chi connectivity index (χ3v) is 4.08. The first-order valence-corrected chi connectivity index (χ1v) is 7.48. The van der Waals surface area contributed by atoms with Crippen molar-refractivity contribution >= 4 is 5.91 Å². The summed E-state index contributed by atoms with van der Waals surface area (Å²) >= 11 is 0. The van der Waals surface area contributed by atoms with Crippen LogP contribution < -0.4 is 10.9 Å². The number of nitrogens with one attached hydrogen (secondary N) is 1. The van der Waals surface area contributed by atoms with Gasteiger partial charge in [-0.1, -0.05) is 6.07 Å². The standard InChI is InChI=1S/C16H18N4O2/c1-2-20-14-5-4-13(9-11(14)3-6-15(20)21)19-16(22)12-7-8-17-18-10-12/h3,6-8,10,13H,2,4-5,9H2,1H3,(H,19,22)/t13-/m1/s1. The van der Waals surface area contributed by atoms with Crippen LogP contribution in [-0.4, -0.2) is 26.7 Å². The van der Waals surface area contributed by atoms with Gasteiger partial charge < -0.3 is 9.88 Å². The lowest BCUT2D eigenvalue weighted by atomic mass is 9.91. The van der Waals surface area contributed by atoms with Crippen LogP contribution in [0.4, 0.5) is 0 Å². The van der Waals surface area contributed by atoms with E-state index in [2.05, 4.69) is 15.5 Å². The van der Waals surface area contributed by atoms with E-state index in [1.54, 1.807) is 12.1 Å². The van der Waals surface area contributed by atoms with Crippen molar-refractivity contribution in [2.45, 2.75) is 38.8 Å². The Labute approximate surface area is 128 Å². The maximum absolute atomic E-state index is 12.2. The van der Waals surface area contributed by atoms with E-state index in [9.17, 15) is 9.59 Å². The molecule has 3 rings (SSSR count). The van der Waals surface area contributed by atoms with Gasteiger partial charge in [-0.2, -0.15) is 10.2 Å². The minimum atomic E-state index is -0.132. The fourth-order valence-corrected chi connectivity index (χ4v) is 2.99. The summed E-state index contributed by atoms with van der Waals surface area (Å²) in [6.07, 6.45) is 5.35. The van der Waals surface area contributed by atoms with Gasteiger partial charge in [-0.25, -0.2) is 0 Å². The van der Waals surface area contributed by atoms with Gasteiger partial charge in [-0.05, 0) is 37.8 Å². The molecule has 2 aromatic rings. The number of rotatable bonds is 3. The molecule has 6 heteroatoms. The molecule has 1 atom stereocenters. The number of carbonyl (C=O) groups excluding carboxylic acids is 1. The molecule has 0 saturated carbocycles. The molecule has 0 aliphatic heterocycles. The van der Waals surface area contributed by atoms with E-state index in [0.717, 1.165) is 30.5 Å². The maximum atomic E-state index is 12.2. The zero-order chi connectivity index (χ0) is 15.5. The Morgan fingerprint density at radius 3 is 2.95 bits per heavy atom. The molecule has 1 aliphatic rings. The van der Waals surface area contributed by atoms with Gasteiger partial charge in [0.25, 0.3) is 11.5 Å². The highest BCUT2D eigenvalue weighted by Crippen LogP contribution is 2.20. The molecule has 114 valence electrons. The smallest absolute Gasteiger partial charge is 0.253 e. The molecule has 2 aromatic heterocycles. The molecule has 0 fully saturated rings. The van der Waals surface area contributed by atoms with Crippen LogP contribution in [0.25, 0.3) is 0 Å². The molecule has 1 amide bonds. The lowest BCUT2D eigenvalue weighted by molar-refractivity contribution is 0.0932. The van der Waals surface area contributed by atoms with Gasteiger partial charge >= 0.3 is 0 Å². The van der Waals surface area contributed by atoms with Gasteiger partial charge in [0, 0.05) is 24.3 Å². The normalized spacial score (nSPS) is 16.9. The summed E-state index contributed by atoms with van der Waals surface area (Å²) in [6.45, 7) is 2.66. The van der Waals surface area contributed by atoms with Crippen molar-refractivity contribution in [2.75, 3.05) is 0 Å². The van der Waals surface area contributed by atoms with Crippen molar-refractivity contribution < 1.29 is 4.79 Å². The number of hydrogen-bond acceptors (Lipinski definition) is 4. The topological polar surface area (TPSA) is 76.9 Å². The van der Waals surface area contributed by atoms with Gasteiger partial charge in [0.05, 0.1) is 18.0 Å². The Bertz CT molecular complexity index is 740. The Kier molecular flexibility index (Phi) is 4.00. The minimum Gasteiger partial charge on any atom is -0.349 e. The molecule has 22 heavy (non-hydrogen) atoms. The molecule has 0 bridgehead atoms. The third kappa shape index (κ3) is 2.77. The van der Waals surface area contributed by atoms with Crippen LogP contribution >= 0.6 is 0 Å². The Morgan fingerprint density at radius 1 is 1.36 bits per heavy atom. The first kappa shape index (κ1) is 14.4. The number of carbonyl (C=O) groups is 1. The SMILES string of the molecule is CCn1c2c(ccc1=O)C[C@H](NC(=O)c1ccnnc1)CC2. The van der Waals surface area contributed by atoms with Crippen molar-refractivity contribution in [1.29, 1.82) is 0 Å². The lowest BCUT2D eigenvalue weighted by Crippen LogP contribution is -2.40. The first-order valence-electron chi connectivity index (χ1n) is 7.48. The average Bonchev–Trinajstić information content (AvgIpc) is 2.55. The Morgan fingerprint density at radius 2 is 2.23 bits per heavy atom. The predicted molar refractivity (Wildman–Crippen MR) is 81.7 cm³/mol. The minimum absolute atomic E-state index is 0.0478. The zero-order valence-corrected chi connectivity index (χ0v) is 12.5. The van der Waals surface area contributed by atoms with Gasteiger partial charge in [0.15, 0.2) is 0 Å². The van der Waals surface area contributed by atoms with Crippen LogP contribution in [-0.2, 0) is 19.4 Å². The van der Waals surface area contributed by atoms with E-state index in [4.69, 9.17) is 0 Å². The van der Waals surface area contributed by atoms with Gasteiger partial charge in [-0.15, -0.1) is 0 Å². The molecule has 2 heterocycles. The number of amides is 1. The van der Waals surface area contributed by atoms with E-state index >= 15 is 0 Å². The molecule has 1 aliphatic carbocycles. The van der Waals surface area contributed by atoms with E-state index < -0.39 is 0 Å². The second-order valence-electron chi connectivity index (χ2n) is 5.43. The lowest BCUT2D eigenvalue weighted by Gasteiger charge is -2.27. The molecule has 0 saturated heterocycles. The molecular formula is C16H18N4O2. The van der Waals surface area contributed by atoms with Gasteiger partial charge in [0.1, 0.15) is 0 Å². The monoisotopic (exact) mass is 298 g/mol. The fourth-order valence-electron chi connectivity index (χ4n) is 2.99. The highest BCUT2D eigenvalue weighted by molar-refractivity contribution is 5.93. The maximum Gasteiger partial charge on any atom is 0.253 e. The summed E-state index contributed by atoms with van der Waals surface area (Å²) in [6, 6.07) is 5.22. The number of hydrogen-bond donors (Lipinski definition) is 1. The molecular weight excluding hydrogens is 280 g/mol. The van der Waals surface area contributed by atoms with Crippen molar-refractivity contribution in [3.05, 3.63) is 57.8 Å². The zero-order valence-electron chi connectivity index (χ0n) is 12.5. The number of aromatic nitrogens is 3. The van der Waals surface area contributed by atoms with Crippen LogP contribution in [0.5, 0.6) is 0 Å². The summed E-state index contributed by atoms with van der Waals surface area (Å²) in [5.74, 6) is -0.132. The fraction of sp³-hybridized carbons (Fsp3) is 0.375. The summed E-state index contributed by atoms with van der Waals surface area (Å²) in [4.78, 5) is 24.0. The van der Waals surface area contributed by atoms with Crippen molar-refractivity contribution in [1.82, 2.24) is 20.1 Å². The number of fused-ring (bicyclic) bond motifs is 1. The van der Waals surface area contributed by atoms with E-state index in [1.807, 2.05) is 17.6 Å². The van der Waals surface area contributed by atoms with Crippen molar-refractivity contribution in [3.8, 4) is 0 Å². The summed E-state index contributed by atoms with van der Waals surface area (Å²) in [5, 5.41) is 10.4. The molecule has 0 unspecified atom stereocenters. The van der Waals surface area contributed by atoms with Crippen LogP contribution in [0.2, 0.25) is 0 Å². The van der Waals surface area contributed by atoms with Crippen molar-refractivity contribution in [3.63, 3.8) is 0 Å². The van der Waals surface area contributed by atoms with Crippen LogP contribution in [0.1, 0.15) is 35.0 Å². The average molecular weight is 298 g/mol. The molecule has 1 N–H and O–H groups in total. The summed E-state index contributed by atoms with van der Waals surface area (Å²) in [7, 11) is 0.